The normalized spacial score (nSPS) is 12.6. The molecular formula is C37H52O4Si. The molecule has 42 heavy (non-hydrogen) atoms. The summed E-state index contributed by atoms with van der Waals surface area (Å²) in [6.07, 6.45) is 12.9. The van der Waals surface area contributed by atoms with Crippen LogP contribution in [-0.4, -0.2) is 34.9 Å². The summed E-state index contributed by atoms with van der Waals surface area (Å²) in [7, 11) is 0.752. The van der Waals surface area contributed by atoms with Crippen LogP contribution < -0.4 is 19.8 Å². The molecule has 0 fully saturated rings. The molecule has 0 aromatic heterocycles. The summed E-state index contributed by atoms with van der Waals surface area (Å²) in [4.78, 5) is 10.7. The molecule has 0 aliphatic heterocycles. The van der Waals surface area contributed by atoms with E-state index in [4.69, 9.17) is 13.9 Å². The van der Waals surface area contributed by atoms with Gasteiger partial charge >= 0.3 is 0 Å². The Bertz CT molecular complexity index is 1130. The topological polar surface area (TPSA) is 44.8 Å². The van der Waals surface area contributed by atoms with Gasteiger partial charge in [-0.05, 0) is 65.2 Å². The minimum atomic E-state index is -2.61. The molecule has 5 heteroatoms. The summed E-state index contributed by atoms with van der Waals surface area (Å²) in [5.74, 6) is 1.56. The van der Waals surface area contributed by atoms with Crippen molar-refractivity contribution in [2.75, 3.05) is 14.2 Å². The third kappa shape index (κ3) is 9.30. The second kappa shape index (κ2) is 17.3. The highest BCUT2D eigenvalue weighted by Gasteiger charge is 2.51. The number of hydrogen-bond acceptors (Lipinski definition) is 4. The second-order valence-corrected chi connectivity index (χ2v) is 16.6. The van der Waals surface area contributed by atoms with Crippen LogP contribution in [0, 0.1) is 0 Å². The van der Waals surface area contributed by atoms with Gasteiger partial charge in [-0.15, -0.1) is 0 Å². The van der Waals surface area contributed by atoms with Gasteiger partial charge in [-0.25, -0.2) is 0 Å². The number of unbranched alkanes of at least 4 members (excludes halogenated alkanes) is 6. The Morgan fingerprint density at radius 2 is 1.24 bits per heavy atom. The van der Waals surface area contributed by atoms with Crippen LogP contribution in [0.25, 0.3) is 0 Å². The summed E-state index contributed by atoms with van der Waals surface area (Å²) >= 11 is 0. The van der Waals surface area contributed by atoms with Gasteiger partial charge in [0.05, 0.1) is 14.2 Å². The van der Waals surface area contributed by atoms with E-state index in [1.807, 2.05) is 6.07 Å². The maximum atomic E-state index is 10.7. The maximum absolute atomic E-state index is 10.7. The lowest BCUT2D eigenvalue weighted by Crippen LogP contribution is -2.67. The molecular weight excluding hydrogens is 536 g/mol. The zero-order chi connectivity index (χ0) is 30.3. The van der Waals surface area contributed by atoms with Gasteiger partial charge in [-0.3, -0.25) is 0 Å². The van der Waals surface area contributed by atoms with Gasteiger partial charge in [0.1, 0.15) is 6.29 Å². The monoisotopic (exact) mass is 588 g/mol. The molecule has 3 aromatic rings. The third-order valence-electron chi connectivity index (χ3n) is 8.30. The van der Waals surface area contributed by atoms with Crippen LogP contribution in [0.2, 0.25) is 5.04 Å². The van der Waals surface area contributed by atoms with E-state index in [-0.39, 0.29) is 11.1 Å². The molecule has 1 unspecified atom stereocenters. The van der Waals surface area contributed by atoms with Crippen LogP contribution in [0.4, 0.5) is 0 Å². The number of aryl methyl sites for hydroxylation is 1. The average molecular weight is 589 g/mol. The predicted octanol–water partition coefficient (Wildman–Crippen LogP) is 8.29. The van der Waals surface area contributed by atoms with Crippen LogP contribution in [0.3, 0.4) is 0 Å². The molecule has 0 N–H and O–H groups in total. The predicted molar refractivity (Wildman–Crippen MR) is 178 cm³/mol. The number of benzene rings is 3. The number of ether oxygens (including phenoxy) is 2. The van der Waals surface area contributed by atoms with Gasteiger partial charge in [0, 0.05) is 12.5 Å². The van der Waals surface area contributed by atoms with Crippen molar-refractivity contribution in [3.05, 3.63) is 84.4 Å². The SMILES string of the molecule is COc1ccc(CCCCC(CCCCCCCC=O)O[Si](c2ccccc2)(c2ccccc2)C(C)(C)C)cc1OC. The lowest BCUT2D eigenvalue weighted by molar-refractivity contribution is -0.107. The number of rotatable bonds is 19. The fourth-order valence-electron chi connectivity index (χ4n) is 6.07. The maximum Gasteiger partial charge on any atom is 0.261 e. The van der Waals surface area contributed by atoms with Crippen LogP contribution >= 0.6 is 0 Å². The molecule has 0 aliphatic carbocycles. The van der Waals surface area contributed by atoms with Crippen molar-refractivity contribution in [2.24, 2.45) is 0 Å². The van der Waals surface area contributed by atoms with E-state index >= 15 is 0 Å². The van der Waals surface area contributed by atoms with E-state index in [1.165, 1.54) is 28.8 Å². The molecule has 228 valence electrons. The summed E-state index contributed by atoms with van der Waals surface area (Å²) < 4.78 is 18.5. The summed E-state index contributed by atoms with van der Waals surface area (Å²) in [6.45, 7) is 7.08. The van der Waals surface area contributed by atoms with Crippen molar-refractivity contribution in [3.63, 3.8) is 0 Å². The molecule has 4 nitrogen and oxygen atoms in total. The lowest BCUT2D eigenvalue weighted by atomic mass is 10.0. The molecule has 0 aliphatic rings. The van der Waals surface area contributed by atoms with Gasteiger partial charge < -0.3 is 18.7 Å². The van der Waals surface area contributed by atoms with Crippen LogP contribution in [-0.2, 0) is 15.6 Å². The Labute approximate surface area is 255 Å². The molecule has 0 heterocycles. The molecule has 0 bridgehead atoms. The van der Waals surface area contributed by atoms with Crippen molar-refractivity contribution in [1.82, 2.24) is 0 Å². The fourth-order valence-corrected chi connectivity index (χ4v) is 10.8. The smallest absolute Gasteiger partial charge is 0.261 e. The minimum Gasteiger partial charge on any atom is -0.493 e. The highest BCUT2D eigenvalue weighted by atomic mass is 28.4. The Kier molecular flexibility index (Phi) is 13.8. The van der Waals surface area contributed by atoms with E-state index < -0.39 is 8.32 Å². The number of hydrogen-bond donors (Lipinski definition) is 0. The van der Waals surface area contributed by atoms with Crippen molar-refractivity contribution in [2.45, 2.75) is 103 Å². The van der Waals surface area contributed by atoms with E-state index in [0.717, 1.165) is 69.2 Å². The highest BCUT2D eigenvalue weighted by Crippen LogP contribution is 2.38. The standard InChI is InChI=1S/C37H52O4Si/c1-37(2,3)42(33-23-13-10-14-24-33,34-25-15-11-16-26-34)41-32(21-12-8-6-7-9-19-29-38)22-18-17-20-31-27-28-35(39-4)36(30-31)40-5/h10-11,13-16,23-30,32H,6-9,12,17-22H2,1-5H3. The number of carbonyl (C=O) groups is 1. The van der Waals surface area contributed by atoms with E-state index in [9.17, 15) is 4.79 Å². The molecule has 0 amide bonds. The van der Waals surface area contributed by atoms with Gasteiger partial charge in [0.25, 0.3) is 8.32 Å². The first-order valence-electron chi connectivity index (χ1n) is 15.8. The highest BCUT2D eigenvalue weighted by molar-refractivity contribution is 6.99. The van der Waals surface area contributed by atoms with Gasteiger partial charge in [-0.2, -0.15) is 0 Å². The van der Waals surface area contributed by atoms with E-state index in [0.29, 0.717) is 6.42 Å². The summed E-state index contributed by atoms with van der Waals surface area (Å²) in [6, 6.07) is 28.2. The van der Waals surface area contributed by atoms with E-state index in [2.05, 4.69) is 93.6 Å². The quantitative estimate of drug-likeness (QED) is 0.0803. The molecule has 0 spiro atoms. The van der Waals surface area contributed by atoms with Gasteiger partial charge in [0.2, 0.25) is 0 Å². The Morgan fingerprint density at radius 3 is 1.79 bits per heavy atom. The fraction of sp³-hybridized carbons (Fsp3) is 0.486. The number of aldehydes is 1. The largest absolute Gasteiger partial charge is 0.493 e. The Hall–Kier alpha value is -2.89. The first kappa shape index (κ1) is 33.6. The minimum absolute atomic E-state index is 0.0393. The van der Waals surface area contributed by atoms with Crippen molar-refractivity contribution in [3.8, 4) is 11.5 Å². The van der Waals surface area contributed by atoms with E-state index in [1.54, 1.807) is 14.2 Å². The Morgan fingerprint density at radius 1 is 0.690 bits per heavy atom. The molecule has 3 aromatic carbocycles. The lowest BCUT2D eigenvalue weighted by Gasteiger charge is -2.45. The van der Waals surface area contributed by atoms with Crippen molar-refractivity contribution >= 4 is 25.0 Å². The van der Waals surface area contributed by atoms with Crippen LogP contribution in [0.15, 0.2) is 78.9 Å². The summed E-state index contributed by atoms with van der Waals surface area (Å²) in [5, 5.41) is 2.64. The third-order valence-corrected chi connectivity index (χ3v) is 13.4. The van der Waals surface area contributed by atoms with Crippen LogP contribution in [0.5, 0.6) is 11.5 Å². The number of carbonyl (C=O) groups excluding carboxylic acids is 1. The molecule has 0 radical (unpaired) electrons. The van der Waals surface area contributed by atoms with Crippen LogP contribution in [0.1, 0.15) is 90.5 Å². The molecule has 0 saturated carbocycles. The van der Waals surface area contributed by atoms with Gasteiger partial charge in [-0.1, -0.05) is 120 Å². The molecule has 3 rings (SSSR count). The molecule has 1 atom stereocenters. The first-order chi connectivity index (χ1) is 20.4. The van der Waals surface area contributed by atoms with Gasteiger partial charge in [0.15, 0.2) is 11.5 Å². The molecule has 0 saturated heterocycles. The first-order valence-corrected chi connectivity index (χ1v) is 17.7. The number of methoxy groups -OCH3 is 2. The van der Waals surface area contributed by atoms with Crippen molar-refractivity contribution in [1.29, 1.82) is 0 Å². The zero-order valence-corrected chi connectivity index (χ0v) is 27.6. The Balaban J connectivity index is 1.80. The zero-order valence-electron chi connectivity index (χ0n) is 26.6. The second-order valence-electron chi connectivity index (χ2n) is 12.3. The summed E-state index contributed by atoms with van der Waals surface area (Å²) in [5.41, 5.74) is 1.27. The van der Waals surface area contributed by atoms with Crippen molar-refractivity contribution < 1.29 is 18.7 Å². The average Bonchev–Trinajstić information content (AvgIpc) is 3.01.